The van der Waals surface area contributed by atoms with Gasteiger partial charge in [-0.2, -0.15) is 0 Å². The molecule has 2 aliphatic heterocycles. The number of aromatic nitrogens is 2. The molecular formula is C24H26N4O4. The summed E-state index contributed by atoms with van der Waals surface area (Å²) in [7, 11) is 3.27. The highest BCUT2D eigenvalue weighted by atomic mass is 16.5. The minimum Gasteiger partial charge on any atom is -0.497 e. The topological polar surface area (TPSA) is 77.8 Å². The summed E-state index contributed by atoms with van der Waals surface area (Å²) in [6, 6.07) is 13.2. The summed E-state index contributed by atoms with van der Waals surface area (Å²) >= 11 is 0. The number of allylic oxidation sites excluding steroid dienone is 1. The zero-order valence-electron chi connectivity index (χ0n) is 18.4. The van der Waals surface area contributed by atoms with Crippen molar-refractivity contribution in [3.63, 3.8) is 0 Å². The van der Waals surface area contributed by atoms with Gasteiger partial charge in [0.25, 0.3) is 5.91 Å². The van der Waals surface area contributed by atoms with E-state index in [2.05, 4.69) is 9.88 Å². The molecule has 1 amide bonds. The Kier molecular flexibility index (Phi) is 5.22. The first-order valence-corrected chi connectivity index (χ1v) is 10.7. The van der Waals surface area contributed by atoms with Crippen LogP contribution in [0.2, 0.25) is 0 Å². The summed E-state index contributed by atoms with van der Waals surface area (Å²) in [6.45, 7) is 4.14. The van der Waals surface area contributed by atoms with Gasteiger partial charge in [0.15, 0.2) is 0 Å². The van der Waals surface area contributed by atoms with Gasteiger partial charge in [-0.05, 0) is 37.3 Å². The third-order valence-electron chi connectivity index (χ3n) is 6.09. The Balaban J connectivity index is 1.75. The number of methoxy groups -OCH3 is 2. The smallest absolute Gasteiger partial charge is 0.254 e. The van der Waals surface area contributed by atoms with E-state index in [9.17, 15) is 4.79 Å². The molecule has 166 valence electrons. The molecule has 0 radical (unpaired) electrons. The van der Waals surface area contributed by atoms with Gasteiger partial charge >= 0.3 is 0 Å². The molecule has 1 N–H and O–H groups in total. The predicted octanol–water partition coefficient (Wildman–Crippen LogP) is 3.20. The molecule has 0 bridgehead atoms. The lowest BCUT2D eigenvalue weighted by atomic mass is 9.92. The number of rotatable bonds is 4. The number of nitrogens with zero attached hydrogens (tertiary/aromatic N) is 3. The molecule has 2 aromatic carbocycles. The highest BCUT2D eigenvalue weighted by Crippen LogP contribution is 2.43. The van der Waals surface area contributed by atoms with Crippen molar-refractivity contribution in [2.75, 3.05) is 45.8 Å². The summed E-state index contributed by atoms with van der Waals surface area (Å²) in [6.07, 6.45) is 0. The van der Waals surface area contributed by atoms with Gasteiger partial charge in [0, 0.05) is 24.4 Å². The van der Waals surface area contributed by atoms with Gasteiger partial charge < -0.3 is 24.4 Å². The molecule has 2 aliphatic rings. The second-order valence-electron chi connectivity index (χ2n) is 7.87. The maximum absolute atomic E-state index is 13.8. The Labute approximate surface area is 186 Å². The molecule has 32 heavy (non-hydrogen) atoms. The van der Waals surface area contributed by atoms with Crippen LogP contribution in [-0.4, -0.2) is 60.9 Å². The molecule has 1 aromatic heterocycles. The number of nitrogens with one attached hydrogen (secondary N) is 1. The maximum Gasteiger partial charge on any atom is 0.254 e. The summed E-state index contributed by atoms with van der Waals surface area (Å²) in [4.78, 5) is 20.5. The summed E-state index contributed by atoms with van der Waals surface area (Å²) in [5.74, 6) is 2.05. The molecule has 8 nitrogen and oxygen atoms in total. The second kappa shape index (κ2) is 8.20. The van der Waals surface area contributed by atoms with E-state index in [0.717, 1.165) is 22.3 Å². The molecule has 0 saturated carbocycles. The Bertz CT molecular complexity index is 1210. The van der Waals surface area contributed by atoms with Crippen molar-refractivity contribution in [2.45, 2.75) is 13.0 Å². The van der Waals surface area contributed by atoms with E-state index >= 15 is 0 Å². The van der Waals surface area contributed by atoms with Crippen LogP contribution >= 0.6 is 0 Å². The fourth-order valence-corrected chi connectivity index (χ4v) is 4.53. The first-order valence-electron chi connectivity index (χ1n) is 10.7. The molecule has 1 atom stereocenters. The van der Waals surface area contributed by atoms with Crippen LogP contribution in [0.25, 0.3) is 11.0 Å². The number of amides is 1. The molecule has 8 heteroatoms. The van der Waals surface area contributed by atoms with E-state index < -0.39 is 6.04 Å². The van der Waals surface area contributed by atoms with Crippen LogP contribution in [0, 0.1) is 0 Å². The first kappa shape index (κ1) is 20.4. The molecule has 5 rings (SSSR count). The van der Waals surface area contributed by atoms with Crippen molar-refractivity contribution in [1.29, 1.82) is 0 Å². The van der Waals surface area contributed by atoms with Crippen molar-refractivity contribution in [3.05, 3.63) is 59.3 Å². The van der Waals surface area contributed by atoms with E-state index in [4.69, 9.17) is 19.2 Å². The standard InChI is InChI=1S/C24H26N4O4/c1-15-21(23(29)27-10-12-32-13-11-27)22(17-14-16(30-2)8-9-20(17)31-3)28-19-7-5-4-6-18(19)26-24(28)25-15/h4-9,14,22H,10-13H2,1-3H3,(H,25,26)/t22-/m1/s1. The van der Waals surface area contributed by atoms with E-state index in [1.807, 2.05) is 54.3 Å². The van der Waals surface area contributed by atoms with Crippen LogP contribution in [-0.2, 0) is 9.53 Å². The Morgan fingerprint density at radius 2 is 1.91 bits per heavy atom. The fraction of sp³-hybridized carbons (Fsp3) is 0.333. The van der Waals surface area contributed by atoms with Crippen molar-refractivity contribution in [1.82, 2.24) is 14.5 Å². The second-order valence-corrected chi connectivity index (χ2v) is 7.87. The van der Waals surface area contributed by atoms with Crippen LogP contribution in [0.5, 0.6) is 11.5 Å². The van der Waals surface area contributed by atoms with Gasteiger partial charge in [0.1, 0.15) is 11.5 Å². The van der Waals surface area contributed by atoms with Crippen molar-refractivity contribution >= 4 is 22.9 Å². The number of carbonyl (C=O) groups excluding carboxylic acids is 1. The summed E-state index contributed by atoms with van der Waals surface area (Å²) in [5, 5.41) is 3.37. The lowest BCUT2D eigenvalue weighted by molar-refractivity contribution is -0.131. The Morgan fingerprint density at radius 1 is 1.12 bits per heavy atom. The summed E-state index contributed by atoms with van der Waals surface area (Å²) in [5.41, 5.74) is 4.07. The van der Waals surface area contributed by atoms with Gasteiger partial charge in [-0.1, -0.05) is 12.1 Å². The zero-order valence-corrected chi connectivity index (χ0v) is 18.4. The molecule has 0 unspecified atom stereocenters. The number of hydrogen-bond acceptors (Lipinski definition) is 6. The van der Waals surface area contributed by atoms with E-state index in [-0.39, 0.29) is 5.91 Å². The van der Waals surface area contributed by atoms with Crippen LogP contribution in [0.15, 0.2) is 53.7 Å². The molecule has 1 saturated heterocycles. The number of benzene rings is 2. The monoisotopic (exact) mass is 434 g/mol. The van der Waals surface area contributed by atoms with Crippen molar-refractivity contribution in [2.24, 2.45) is 0 Å². The number of ether oxygens (including phenoxy) is 3. The molecule has 0 spiro atoms. The van der Waals surface area contributed by atoms with Gasteiger partial charge in [-0.3, -0.25) is 9.36 Å². The molecule has 3 aromatic rings. The number of fused-ring (bicyclic) bond motifs is 3. The zero-order chi connectivity index (χ0) is 22.2. The van der Waals surface area contributed by atoms with Gasteiger partial charge in [-0.15, -0.1) is 0 Å². The van der Waals surface area contributed by atoms with Crippen molar-refractivity contribution < 1.29 is 19.0 Å². The Hall–Kier alpha value is -3.52. The average Bonchev–Trinajstić information content (AvgIpc) is 3.20. The SMILES string of the molecule is COc1ccc(OC)c([C@@H]2C(C(=O)N3CCOCC3)=C(C)Nc3nc4ccccc4n32)c1. The number of hydrogen-bond donors (Lipinski definition) is 1. The predicted molar refractivity (Wildman–Crippen MR) is 121 cm³/mol. The lowest BCUT2D eigenvalue weighted by Crippen LogP contribution is -2.44. The third kappa shape index (κ3) is 3.27. The number of anilines is 1. The minimum absolute atomic E-state index is 0.0170. The quantitative estimate of drug-likeness (QED) is 0.680. The number of morpholine rings is 1. The van der Waals surface area contributed by atoms with Crippen LogP contribution in [0.4, 0.5) is 5.95 Å². The molecule has 0 aliphatic carbocycles. The Morgan fingerprint density at radius 3 is 2.66 bits per heavy atom. The fourth-order valence-electron chi connectivity index (χ4n) is 4.53. The summed E-state index contributed by atoms with van der Waals surface area (Å²) < 4.78 is 18.8. The molecule has 1 fully saturated rings. The van der Waals surface area contributed by atoms with Crippen LogP contribution < -0.4 is 14.8 Å². The van der Waals surface area contributed by atoms with Crippen molar-refractivity contribution in [3.8, 4) is 11.5 Å². The number of imidazole rings is 1. The highest BCUT2D eigenvalue weighted by Gasteiger charge is 2.38. The average molecular weight is 434 g/mol. The third-order valence-corrected chi connectivity index (χ3v) is 6.09. The van der Waals surface area contributed by atoms with Crippen LogP contribution in [0.3, 0.4) is 0 Å². The minimum atomic E-state index is -0.431. The highest BCUT2D eigenvalue weighted by molar-refractivity contribution is 5.98. The molecule has 3 heterocycles. The van der Waals surface area contributed by atoms with E-state index in [1.165, 1.54) is 0 Å². The normalized spacial score (nSPS) is 18.3. The largest absolute Gasteiger partial charge is 0.497 e. The number of carbonyl (C=O) groups is 1. The van der Waals surface area contributed by atoms with Gasteiger partial charge in [0.05, 0.1) is 50.1 Å². The van der Waals surface area contributed by atoms with Gasteiger partial charge in [-0.25, -0.2) is 4.98 Å². The van der Waals surface area contributed by atoms with E-state index in [0.29, 0.717) is 49.3 Å². The molecular weight excluding hydrogens is 408 g/mol. The van der Waals surface area contributed by atoms with Crippen LogP contribution in [0.1, 0.15) is 18.5 Å². The number of para-hydroxylation sites is 2. The first-order chi connectivity index (χ1) is 15.6. The maximum atomic E-state index is 13.8. The van der Waals surface area contributed by atoms with E-state index in [1.54, 1.807) is 14.2 Å². The lowest BCUT2D eigenvalue weighted by Gasteiger charge is -2.35. The van der Waals surface area contributed by atoms with Gasteiger partial charge in [0.2, 0.25) is 5.95 Å².